The lowest BCUT2D eigenvalue weighted by atomic mass is 10.1. The molecule has 0 atom stereocenters. The molecule has 0 saturated heterocycles. The van der Waals surface area contributed by atoms with E-state index in [9.17, 15) is 0 Å². The van der Waals surface area contributed by atoms with Crippen molar-refractivity contribution in [1.29, 1.82) is 0 Å². The number of aromatic amines is 1. The number of H-pyrrole nitrogens is 1. The number of hydrogen-bond donors (Lipinski definition) is 2. The van der Waals surface area contributed by atoms with Crippen molar-refractivity contribution in [3.63, 3.8) is 0 Å². The van der Waals surface area contributed by atoms with Crippen LogP contribution < -0.4 is 5.32 Å². The Morgan fingerprint density at radius 2 is 2.20 bits per heavy atom. The minimum absolute atomic E-state index is 0.842. The van der Waals surface area contributed by atoms with E-state index in [0.29, 0.717) is 0 Å². The average molecular weight is 269 g/mol. The first-order chi connectivity index (χ1) is 9.88. The summed E-state index contributed by atoms with van der Waals surface area (Å²) in [5, 5.41) is 4.71. The van der Waals surface area contributed by atoms with E-state index in [0.717, 1.165) is 43.0 Å². The highest BCUT2D eigenvalue weighted by Crippen LogP contribution is 2.26. The number of aromatic nitrogens is 2. The van der Waals surface area contributed by atoms with Gasteiger partial charge in [-0.15, -0.1) is 0 Å². The maximum Gasteiger partial charge on any atom is 0.134 e. The van der Waals surface area contributed by atoms with Gasteiger partial charge in [-0.3, -0.25) is 0 Å². The van der Waals surface area contributed by atoms with E-state index in [1.807, 2.05) is 18.3 Å². The SMILES string of the molecule is CCc1oc2ccccc2c1CNCCc1cnc[nH]1. The Morgan fingerprint density at radius 1 is 1.30 bits per heavy atom. The maximum absolute atomic E-state index is 5.90. The van der Waals surface area contributed by atoms with Crippen LogP contribution in [0.25, 0.3) is 11.0 Å². The quantitative estimate of drug-likeness (QED) is 0.676. The average Bonchev–Trinajstić information content (AvgIpc) is 3.11. The molecule has 104 valence electrons. The standard InChI is InChI=1S/C16H19N3O/c1-2-15-14(13-5-3-4-6-16(13)20-15)10-17-8-7-12-9-18-11-19-12/h3-6,9,11,17H,2,7-8,10H2,1H3,(H,18,19). The minimum atomic E-state index is 0.842. The van der Waals surface area contributed by atoms with Crippen LogP contribution in [0.4, 0.5) is 0 Å². The van der Waals surface area contributed by atoms with Crippen LogP contribution in [0.1, 0.15) is 23.9 Å². The van der Waals surface area contributed by atoms with Gasteiger partial charge in [0.15, 0.2) is 0 Å². The lowest BCUT2D eigenvalue weighted by molar-refractivity contribution is 0.544. The normalized spacial score (nSPS) is 11.2. The van der Waals surface area contributed by atoms with Gasteiger partial charge in [0.2, 0.25) is 0 Å². The first-order valence-electron chi connectivity index (χ1n) is 7.05. The van der Waals surface area contributed by atoms with Crippen LogP contribution in [-0.4, -0.2) is 16.5 Å². The Kier molecular flexibility index (Phi) is 3.83. The van der Waals surface area contributed by atoms with Gasteiger partial charge >= 0.3 is 0 Å². The predicted octanol–water partition coefficient (Wildman–Crippen LogP) is 3.05. The zero-order chi connectivity index (χ0) is 13.8. The van der Waals surface area contributed by atoms with Gasteiger partial charge in [-0.05, 0) is 6.07 Å². The Bertz CT molecular complexity index is 670. The van der Waals surface area contributed by atoms with Crippen LogP contribution in [0, 0.1) is 0 Å². The molecule has 0 spiro atoms. The topological polar surface area (TPSA) is 53.9 Å². The largest absolute Gasteiger partial charge is 0.461 e. The van der Waals surface area contributed by atoms with E-state index in [1.54, 1.807) is 6.33 Å². The number of aryl methyl sites for hydroxylation is 1. The first-order valence-corrected chi connectivity index (χ1v) is 7.05. The van der Waals surface area contributed by atoms with Gasteiger partial charge in [0.05, 0.1) is 6.33 Å². The first kappa shape index (κ1) is 12.9. The zero-order valence-electron chi connectivity index (χ0n) is 11.6. The Hall–Kier alpha value is -2.07. The number of fused-ring (bicyclic) bond motifs is 1. The third kappa shape index (κ3) is 2.60. The zero-order valence-corrected chi connectivity index (χ0v) is 11.6. The molecule has 2 heterocycles. The van der Waals surface area contributed by atoms with Crippen LogP contribution in [-0.2, 0) is 19.4 Å². The van der Waals surface area contributed by atoms with Crippen LogP contribution >= 0.6 is 0 Å². The number of hydrogen-bond acceptors (Lipinski definition) is 3. The third-order valence-corrected chi connectivity index (χ3v) is 3.53. The lowest BCUT2D eigenvalue weighted by Gasteiger charge is -2.04. The second-order valence-electron chi connectivity index (χ2n) is 4.86. The summed E-state index contributed by atoms with van der Waals surface area (Å²) in [5.41, 5.74) is 3.42. The lowest BCUT2D eigenvalue weighted by Crippen LogP contribution is -2.17. The summed E-state index contributed by atoms with van der Waals surface area (Å²) in [5.74, 6) is 1.08. The monoisotopic (exact) mass is 269 g/mol. The number of rotatable bonds is 6. The summed E-state index contributed by atoms with van der Waals surface area (Å²) in [6, 6.07) is 8.23. The van der Waals surface area contributed by atoms with Crippen LogP contribution in [0.2, 0.25) is 0 Å². The van der Waals surface area contributed by atoms with Gasteiger partial charge < -0.3 is 14.7 Å². The number of benzene rings is 1. The molecule has 4 nitrogen and oxygen atoms in total. The smallest absolute Gasteiger partial charge is 0.134 e. The molecule has 0 fully saturated rings. The Morgan fingerprint density at radius 3 is 3.00 bits per heavy atom. The Labute approximate surface area is 118 Å². The highest BCUT2D eigenvalue weighted by molar-refractivity contribution is 5.82. The fourth-order valence-electron chi connectivity index (χ4n) is 2.49. The summed E-state index contributed by atoms with van der Waals surface area (Å²) in [6.45, 7) is 3.89. The molecule has 4 heteroatoms. The van der Waals surface area contributed by atoms with Crippen molar-refractivity contribution in [1.82, 2.24) is 15.3 Å². The molecule has 0 aliphatic heterocycles. The van der Waals surface area contributed by atoms with E-state index in [4.69, 9.17) is 4.42 Å². The fraction of sp³-hybridized carbons (Fsp3) is 0.312. The van der Waals surface area contributed by atoms with Gasteiger partial charge in [-0.25, -0.2) is 4.98 Å². The molecule has 0 unspecified atom stereocenters. The van der Waals surface area contributed by atoms with Gasteiger partial charge in [-0.2, -0.15) is 0 Å². The molecule has 3 aromatic rings. The van der Waals surface area contributed by atoms with Crippen molar-refractivity contribution in [3.8, 4) is 0 Å². The molecule has 0 saturated carbocycles. The summed E-state index contributed by atoms with van der Waals surface area (Å²) >= 11 is 0. The third-order valence-electron chi connectivity index (χ3n) is 3.53. The second kappa shape index (κ2) is 5.92. The van der Waals surface area contributed by atoms with Gasteiger partial charge in [0, 0.05) is 48.8 Å². The van der Waals surface area contributed by atoms with Crippen molar-refractivity contribution >= 4 is 11.0 Å². The molecule has 0 radical (unpaired) electrons. The van der Waals surface area contributed by atoms with Crippen molar-refractivity contribution in [2.75, 3.05) is 6.54 Å². The molecule has 0 amide bonds. The number of para-hydroxylation sites is 1. The Balaban J connectivity index is 1.67. The number of furan rings is 1. The minimum Gasteiger partial charge on any atom is -0.461 e. The number of imidazole rings is 1. The molecular weight excluding hydrogens is 250 g/mol. The predicted molar refractivity (Wildman–Crippen MR) is 79.6 cm³/mol. The second-order valence-corrected chi connectivity index (χ2v) is 4.86. The highest BCUT2D eigenvalue weighted by Gasteiger charge is 2.11. The van der Waals surface area contributed by atoms with E-state index in [1.165, 1.54) is 10.9 Å². The number of nitrogens with one attached hydrogen (secondary N) is 2. The molecule has 20 heavy (non-hydrogen) atoms. The van der Waals surface area contributed by atoms with E-state index in [2.05, 4.69) is 34.3 Å². The van der Waals surface area contributed by atoms with Gasteiger partial charge in [0.1, 0.15) is 11.3 Å². The highest BCUT2D eigenvalue weighted by atomic mass is 16.3. The molecule has 2 aromatic heterocycles. The van der Waals surface area contributed by atoms with E-state index in [-0.39, 0.29) is 0 Å². The van der Waals surface area contributed by atoms with Crippen LogP contribution in [0.3, 0.4) is 0 Å². The molecule has 2 N–H and O–H groups in total. The van der Waals surface area contributed by atoms with Crippen molar-refractivity contribution in [2.45, 2.75) is 26.3 Å². The molecule has 3 rings (SSSR count). The molecular formula is C16H19N3O. The van der Waals surface area contributed by atoms with Gasteiger partial charge in [-0.1, -0.05) is 25.1 Å². The molecule has 0 aliphatic carbocycles. The summed E-state index contributed by atoms with van der Waals surface area (Å²) in [7, 11) is 0. The summed E-state index contributed by atoms with van der Waals surface area (Å²) in [6.07, 6.45) is 5.46. The van der Waals surface area contributed by atoms with Crippen LogP contribution in [0.5, 0.6) is 0 Å². The van der Waals surface area contributed by atoms with Crippen molar-refractivity contribution in [2.24, 2.45) is 0 Å². The summed E-state index contributed by atoms with van der Waals surface area (Å²) < 4.78 is 5.90. The molecule has 1 aromatic carbocycles. The molecule has 0 aliphatic rings. The van der Waals surface area contributed by atoms with Crippen molar-refractivity contribution < 1.29 is 4.42 Å². The number of nitrogens with zero attached hydrogens (tertiary/aromatic N) is 1. The van der Waals surface area contributed by atoms with Crippen LogP contribution in [0.15, 0.2) is 41.2 Å². The van der Waals surface area contributed by atoms with Crippen molar-refractivity contribution in [3.05, 3.63) is 53.8 Å². The maximum atomic E-state index is 5.90. The van der Waals surface area contributed by atoms with E-state index >= 15 is 0 Å². The summed E-state index contributed by atoms with van der Waals surface area (Å²) in [4.78, 5) is 7.13. The van der Waals surface area contributed by atoms with Gasteiger partial charge in [0.25, 0.3) is 0 Å². The van der Waals surface area contributed by atoms with E-state index < -0.39 is 0 Å². The molecule has 0 bridgehead atoms. The fourth-order valence-corrected chi connectivity index (χ4v) is 2.49.